The molecule has 0 N–H and O–H groups in total. The summed E-state index contributed by atoms with van der Waals surface area (Å²) in [5, 5.41) is 0. The molecule has 0 aromatic carbocycles. The van der Waals surface area contributed by atoms with E-state index in [0.717, 1.165) is 25.7 Å². The highest BCUT2D eigenvalue weighted by atomic mass is 35.6. The molecule has 0 bridgehead atoms. The van der Waals surface area contributed by atoms with E-state index in [9.17, 15) is 4.79 Å². The Labute approximate surface area is 123 Å². The number of halogens is 4. The molecule has 0 radical (unpaired) electrons. The van der Waals surface area contributed by atoms with E-state index in [2.05, 4.69) is 0 Å². The fourth-order valence-electron chi connectivity index (χ4n) is 1.27. The molecular weight excluding hydrogens is 306 g/mol. The first-order valence-electron chi connectivity index (χ1n) is 5.75. The lowest BCUT2D eigenvalue weighted by atomic mass is 10.1. The highest BCUT2D eigenvalue weighted by Crippen LogP contribution is 2.32. The molecule has 0 heterocycles. The Morgan fingerprint density at radius 2 is 1.76 bits per heavy atom. The number of carbonyl (C=O) groups excluding carboxylic acids is 1. The molecule has 0 aliphatic rings. The number of hydrogen-bond donors (Lipinski definition) is 0. The van der Waals surface area contributed by atoms with E-state index in [1.165, 1.54) is 0 Å². The second-order valence-corrected chi connectivity index (χ2v) is 6.82. The van der Waals surface area contributed by atoms with Crippen molar-refractivity contribution in [2.75, 3.05) is 0 Å². The standard InChI is InChI=1S/C11H18Cl4O2/c1-2-10(16)17-9(12)7-5-3-4-6-8-11(13,14)15/h9H,2-8H2,1H3. The summed E-state index contributed by atoms with van der Waals surface area (Å²) in [5.74, 6) is -0.263. The molecular formula is C11H18Cl4O2. The van der Waals surface area contributed by atoms with Crippen molar-refractivity contribution >= 4 is 52.4 Å². The average Bonchev–Trinajstić information content (AvgIpc) is 2.21. The smallest absolute Gasteiger partial charge is 0.306 e. The van der Waals surface area contributed by atoms with Crippen LogP contribution in [0.5, 0.6) is 0 Å². The molecule has 0 aromatic heterocycles. The van der Waals surface area contributed by atoms with Gasteiger partial charge >= 0.3 is 5.97 Å². The van der Waals surface area contributed by atoms with Crippen LogP contribution in [0.2, 0.25) is 0 Å². The molecule has 1 unspecified atom stereocenters. The van der Waals surface area contributed by atoms with Gasteiger partial charge in [0.1, 0.15) is 0 Å². The third-order valence-corrected chi connectivity index (χ3v) is 3.06. The molecule has 0 aromatic rings. The minimum atomic E-state index is -1.15. The third-order valence-electron chi connectivity index (χ3n) is 2.19. The summed E-state index contributed by atoms with van der Waals surface area (Å²) in [4.78, 5) is 10.9. The molecule has 0 spiro atoms. The summed E-state index contributed by atoms with van der Waals surface area (Å²) in [5.41, 5.74) is -0.518. The zero-order chi connectivity index (χ0) is 13.3. The van der Waals surface area contributed by atoms with Gasteiger partial charge in [0.25, 0.3) is 0 Å². The maximum atomic E-state index is 10.9. The predicted molar refractivity (Wildman–Crippen MR) is 74.0 cm³/mol. The first-order valence-corrected chi connectivity index (χ1v) is 7.32. The van der Waals surface area contributed by atoms with Gasteiger partial charge in [0.15, 0.2) is 9.36 Å². The van der Waals surface area contributed by atoms with E-state index in [1.54, 1.807) is 6.92 Å². The van der Waals surface area contributed by atoms with Crippen LogP contribution in [0.15, 0.2) is 0 Å². The molecule has 0 rings (SSSR count). The lowest BCUT2D eigenvalue weighted by molar-refractivity contribution is -0.145. The van der Waals surface area contributed by atoms with Gasteiger partial charge in [-0.05, 0) is 25.7 Å². The largest absolute Gasteiger partial charge is 0.446 e. The van der Waals surface area contributed by atoms with Gasteiger partial charge in [0.2, 0.25) is 0 Å². The Hall–Kier alpha value is 0.630. The Bertz CT molecular complexity index is 216. The Balaban J connectivity index is 3.36. The molecule has 0 saturated carbocycles. The molecule has 6 heteroatoms. The summed E-state index contributed by atoms with van der Waals surface area (Å²) >= 11 is 22.7. The van der Waals surface area contributed by atoms with Crippen molar-refractivity contribution in [3.63, 3.8) is 0 Å². The molecule has 0 saturated heterocycles. The molecule has 0 aliphatic heterocycles. The minimum Gasteiger partial charge on any atom is -0.446 e. The Morgan fingerprint density at radius 3 is 2.29 bits per heavy atom. The van der Waals surface area contributed by atoms with Crippen molar-refractivity contribution < 1.29 is 9.53 Å². The lowest BCUT2D eigenvalue weighted by Gasteiger charge is -2.11. The van der Waals surface area contributed by atoms with Crippen LogP contribution >= 0.6 is 46.4 Å². The van der Waals surface area contributed by atoms with Crippen LogP contribution in [0.25, 0.3) is 0 Å². The van der Waals surface area contributed by atoms with E-state index in [1.807, 2.05) is 0 Å². The summed E-state index contributed by atoms with van der Waals surface area (Å²) < 4.78 is 3.78. The van der Waals surface area contributed by atoms with Crippen LogP contribution in [-0.2, 0) is 9.53 Å². The first kappa shape index (κ1) is 17.6. The molecule has 0 aliphatic carbocycles. The molecule has 0 amide bonds. The van der Waals surface area contributed by atoms with E-state index in [0.29, 0.717) is 19.3 Å². The van der Waals surface area contributed by atoms with Crippen molar-refractivity contribution in [2.45, 2.75) is 61.2 Å². The lowest BCUT2D eigenvalue weighted by Crippen LogP contribution is -2.11. The number of alkyl halides is 4. The molecule has 1 atom stereocenters. The number of ether oxygens (including phenoxy) is 1. The van der Waals surface area contributed by atoms with Crippen LogP contribution in [0.4, 0.5) is 0 Å². The fourth-order valence-corrected chi connectivity index (χ4v) is 1.92. The number of rotatable bonds is 8. The molecule has 2 nitrogen and oxygen atoms in total. The van der Waals surface area contributed by atoms with E-state index >= 15 is 0 Å². The number of hydrogen-bond acceptors (Lipinski definition) is 2. The van der Waals surface area contributed by atoms with Gasteiger partial charge in [-0.3, -0.25) is 4.79 Å². The van der Waals surface area contributed by atoms with Crippen LogP contribution in [-0.4, -0.2) is 15.3 Å². The van der Waals surface area contributed by atoms with Crippen molar-refractivity contribution in [1.82, 2.24) is 0 Å². The predicted octanol–water partition coefficient (Wildman–Crippen LogP) is 5.22. The molecule has 0 fully saturated rings. The van der Waals surface area contributed by atoms with Crippen LogP contribution in [0, 0.1) is 0 Å². The van der Waals surface area contributed by atoms with Crippen LogP contribution in [0.1, 0.15) is 51.9 Å². The SMILES string of the molecule is CCC(=O)OC(Cl)CCCCCCC(Cl)(Cl)Cl. The summed E-state index contributed by atoms with van der Waals surface area (Å²) in [6.07, 6.45) is 5.34. The highest BCUT2D eigenvalue weighted by Gasteiger charge is 2.18. The maximum absolute atomic E-state index is 10.9. The second kappa shape index (κ2) is 9.55. The second-order valence-electron chi connectivity index (χ2n) is 3.82. The van der Waals surface area contributed by atoms with Gasteiger partial charge < -0.3 is 4.74 Å². The number of unbranched alkanes of at least 4 members (excludes halogenated alkanes) is 3. The van der Waals surface area contributed by atoms with Gasteiger partial charge in [-0.25, -0.2) is 0 Å². The van der Waals surface area contributed by atoms with Gasteiger partial charge in [-0.2, -0.15) is 0 Å². The van der Waals surface area contributed by atoms with E-state index in [4.69, 9.17) is 51.1 Å². The summed E-state index contributed by atoms with van der Waals surface area (Å²) in [6.45, 7) is 1.74. The molecule has 102 valence electrons. The summed E-state index contributed by atoms with van der Waals surface area (Å²) in [6, 6.07) is 0. The first-order chi connectivity index (χ1) is 7.85. The number of esters is 1. The highest BCUT2D eigenvalue weighted by molar-refractivity contribution is 6.67. The Morgan fingerprint density at radius 1 is 1.18 bits per heavy atom. The third kappa shape index (κ3) is 12.9. The molecule has 17 heavy (non-hydrogen) atoms. The normalized spacial score (nSPS) is 13.5. The van der Waals surface area contributed by atoms with Crippen molar-refractivity contribution in [3.05, 3.63) is 0 Å². The van der Waals surface area contributed by atoms with Gasteiger partial charge in [-0.15, -0.1) is 0 Å². The van der Waals surface area contributed by atoms with Crippen LogP contribution < -0.4 is 0 Å². The minimum absolute atomic E-state index is 0.263. The maximum Gasteiger partial charge on any atom is 0.306 e. The van der Waals surface area contributed by atoms with Gasteiger partial charge in [0.05, 0.1) is 0 Å². The van der Waals surface area contributed by atoms with Crippen molar-refractivity contribution in [1.29, 1.82) is 0 Å². The van der Waals surface area contributed by atoms with Gasteiger partial charge in [0, 0.05) is 6.42 Å². The van der Waals surface area contributed by atoms with Gasteiger partial charge in [-0.1, -0.05) is 66.2 Å². The fraction of sp³-hybridized carbons (Fsp3) is 0.909. The summed E-state index contributed by atoms with van der Waals surface area (Å²) in [7, 11) is 0. The van der Waals surface area contributed by atoms with Crippen molar-refractivity contribution in [3.8, 4) is 0 Å². The van der Waals surface area contributed by atoms with E-state index < -0.39 is 9.36 Å². The topological polar surface area (TPSA) is 26.3 Å². The van der Waals surface area contributed by atoms with E-state index in [-0.39, 0.29) is 5.97 Å². The quantitative estimate of drug-likeness (QED) is 0.348. The van der Waals surface area contributed by atoms with Crippen molar-refractivity contribution in [2.24, 2.45) is 0 Å². The average molecular weight is 324 g/mol. The zero-order valence-electron chi connectivity index (χ0n) is 9.86. The van der Waals surface area contributed by atoms with Crippen LogP contribution in [0.3, 0.4) is 0 Å². The Kier molecular flexibility index (Phi) is 9.90. The number of carbonyl (C=O) groups is 1. The monoisotopic (exact) mass is 322 g/mol. The zero-order valence-corrected chi connectivity index (χ0v) is 12.9.